The number of hydrogen-bond acceptors (Lipinski definition) is 24. The van der Waals surface area contributed by atoms with E-state index in [-0.39, 0.29) is 40.7 Å². The van der Waals surface area contributed by atoms with Gasteiger partial charge in [0.05, 0.1) is 45.5 Å². The van der Waals surface area contributed by atoms with Crippen molar-refractivity contribution >= 4 is 66.4 Å². The van der Waals surface area contributed by atoms with Gasteiger partial charge in [0.15, 0.2) is 40.9 Å². The van der Waals surface area contributed by atoms with E-state index in [9.17, 15) is 57.1 Å². The third-order valence-electron chi connectivity index (χ3n) is 12.6. The summed E-state index contributed by atoms with van der Waals surface area (Å²) in [5, 5.41) is 71.4. The van der Waals surface area contributed by atoms with E-state index in [0.29, 0.717) is 40.0 Å². The first-order valence-electron chi connectivity index (χ1n) is 23.9. The van der Waals surface area contributed by atoms with E-state index in [1.807, 2.05) is 0 Å². The van der Waals surface area contributed by atoms with Crippen LogP contribution in [0, 0.1) is 0 Å². The average molecular weight is 1120 g/mol. The molecule has 6 aromatic rings. The number of hydrogen-bond donors (Lipinski definition) is 9. The Morgan fingerprint density at radius 2 is 1.08 bits per heavy atom. The molecule has 0 unspecified atom stereocenters. The number of imidazole rings is 2. The SMILES string of the molecule is CC[NH+](CC)CC.CNc1ncnc2c1ncn2[C@@H]1O[C@H](COS(=O)(=O)NC(=O)c2ccccc2[O-])[C@@H](O)[C@H]1O.O=C(NS(=O)(=O)OC[C@H]1O[C@@H](n2cnc3c(NC4CCC4)ncnc32)[C@H](O)[C@@H]1O)c1ccccc1[O-].[Na+]. The van der Waals surface area contributed by atoms with Gasteiger partial charge in [-0.2, -0.15) is 16.8 Å². The summed E-state index contributed by atoms with van der Waals surface area (Å²) in [6.45, 7) is 9.05. The number of nitrogens with zero attached hydrogens (tertiary/aromatic N) is 8. The Kier molecular flexibility index (Phi) is 21.0. The normalized spacial score (nSPS) is 22.2. The van der Waals surface area contributed by atoms with Gasteiger partial charge in [-0.3, -0.25) is 27.1 Å². The molecule has 9 rings (SSSR count). The fraction of sp³-hybridized carbons (Fsp3) is 0.467. The summed E-state index contributed by atoms with van der Waals surface area (Å²) in [5.41, 5.74) is 0.751. The standard InChI is InChI=1S/C21H24N6O8S.C18H20N6O8S.C6H15N.Na/c28-13-7-2-1-6-12(13)20(31)26-36(32,33)34-8-14-16(29)17(30)21(35-14)27-10-24-15-18(22-9-23-19(15)27)25-11-4-3-5-11;1-19-15-12-16(21-7-20-15)24(8-22-12)18-14(27)13(26)11(32-18)6-31-33(29,30)23-17(28)9-4-2-3-5-10(9)25;1-4-7(5-2)6-3;/h1-2,6-7,9-11,14,16-17,21,28-30H,3-5,8H2,(H,26,31)(H,22,23,25);2-5,7-8,11,13-14,18,25-27H,6H2,1H3,(H,23,28)(H,19,20,21);4-6H2,1-3H3;/q;;;+1/p-1/t14-,16-,17-,21-;11-,13-,14-,18-;;/m11../s1. The molecule has 2 saturated heterocycles. The van der Waals surface area contributed by atoms with E-state index in [1.165, 1.54) is 84.4 Å². The molecule has 3 aliphatic rings. The second-order valence-electron chi connectivity index (χ2n) is 17.4. The molecule has 77 heavy (non-hydrogen) atoms. The van der Waals surface area contributed by atoms with E-state index in [2.05, 4.69) is 61.3 Å². The minimum absolute atomic E-state index is 0. The number of aliphatic hydroxyl groups is 4. The van der Waals surface area contributed by atoms with Gasteiger partial charge in [-0.05, 0) is 40.0 Å². The van der Waals surface area contributed by atoms with Gasteiger partial charge in [0, 0.05) is 24.2 Å². The summed E-state index contributed by atoms with van der Waals surface area (Å²) in [6.07, 6.45) is -2.28. The number of fused-ring (bicyclic) bond motifs is 2. The molecule has 412 valence electrons. The molecule has 4 aromatic heterocycles. The van der Waals surface area contributed by atoms with Gasteiger partial charge in [0.25, 0.3) is 11.8 Å². The topological polar surface area (TPSA) is 406 Å². The van der Waals surface area contributed by atoms with Gasteiger partial charge in [-0.1, -0.05) is 60.0 Å². The van der Waals surface area contributed by atoms with Crippen LogP contribution >= 0.6 is 0 Å². The summed E-state index contributed by atoms with van der Waals surface area (Å²) in [5.74, 6) is -2.68. The molecule has 0 spiro atoms. The molecule has 0 radical (unpaired) electrons. The van der Waals surface area contributed by atoms with Gasteiger partial charge in [-0.25, -0.2) is 39.3 Å². The Morgan fingerprint density at radius 3 is 1.45 bits per heavy atom. The van der Waals surface area contributed by atoms with Crippen molar-refractivity contribution in [2.24, 2.45) is 0 Å². The number of para-hydroxylation sites is 2. The van der Waals surface area contributed by atoms with Crippen molar-refractivity contribution in [3.8, 4) is 11.5 Å². The van der Waals surface area contributed by atoms with Crippen molar-refractivity contribution in [1.82, 2.24) is 48.5 Å². The van der Waals surface area contributed by atoms with Gasteiger partial charge in [-0.15, -0.1) is 0 Å². The maximum atomic E-state index is 12.2. The predicted octanol–water partition coefficient (Wildman–Crippen LogP) is -5.64. The zero-order valence-electron chi connectivity index (χ0n) is 42.4. The second kappa shape index (κ2) is 26.7. The molecule has 1 aliphatic carbocycles. The second-order valence-corrected chi connectivity index (χ2v) is 20.0. The van der Waals surface area contributed by atoms with Crippen molar-refractivity contribution in [2.75, 3.05) is 50.5 Å². The van der Waals surface area contributed by atoms with Crippen LogP contribution in [0.3, 0.4) is 0 Å². The number of aliphatic hydroxyl groups excluding tert-OH is 4. The maximum absolute atomic E-state index is 12.2. The Hall–Kier alpha value is -5.78. The molecule has 8 atom stereocenters. The Labute approximate surface area is 463 Å². The van der Waals surface area contributed by atoms with Crippen molar-refractivity contribution in [2.45, 2.75) is 95.2 Å². The zero-order valence-corrected chi connectivity index (χ0v) is 46.0. The van der Waals surface area contributed by atoms with Crippen LogP contribution in [0.4, 0.5) is 11.6 Å². The summed E-state index contributed by atoms with van der Waals surface area (Å²) < 4.78 is 75.5. The summed E-state index contributed by atoms with van der Waals surface area (Å²) >= 11 is 0. The number of carbonyl (C=O) groups is 2. The third kappa shape index (κ3) is 14.5. The van der Waals surface area contributed by atoms with E-state index in [0.717, 1.165) is 37.5 Å². The van der Waals surface area contributed by atoms with Gasteiger partial charge in [0.1, 0.15) is 54.8 Å². The minimum Gasteiger partial charge on any atom is -0.872 e. The molecule has 29 nitrogen and oxygen atoms in total. The number of rotatable bonds is 18. The average Bonchev–Trinajstić information content (AvgIpc) is 4.19. The summed E-state index contributed by atoms with van der Waals surface area (Å²) in [7, 11) is -7.66. The number of benzene rings is 2. The number of ether oxygens (including phenoxy) is 2. The Morgan fingerprint density at radius 1 is 0.662 bits per heavy atom. The van der Waals surface area contributed by atoms with Crippen LogP contribution in [0.2, 0.25) is 0 Å². The number of aromatic nitrogens is 8. The van der Waals surface area contributed by atoms with Crippen molar-refractivity contribution in [3.63, 3.8) is 0 Å². The predicted molar refractivity (Wildman–Crippen MR) is 262 cm³/mol. The molecular weight excluding hydrogens is 1070 g/mol. The molecule has 2 aromatic carbocycles. The van der Waals surface area contributed by atoms with E-state index >= 15 is 0 Å². The summed E-state index contributed by atoms with van der Waals surface area (Å²) in [4.78, 5) is 50.9. The molecular formula is C45H58N13NaO16S2. The molecule has 0 bridgehead atoms. The first-order valence-corrected chi connectivity index (χ1v) is 26.7. The molecule has 6 heterocycles. The van der Waals surface area contributed by atoms with E-state index < -0.39 is 106 Å². The Bertz CT molecular complexity index is 3180. The van der Waals surface area contributed by atoms with Crippen LogP contribution in [0.25, 0.3) is 22.3 Å². The largest absolute Gasteiger partial charge is 1.00 e. The van der Waals surface area contributed by atoms with Crippen LogP contribution in [-0.2, 0) is 38.4 Å². The monoisotopic (exact) mass is 1120 g/mol. The zero-order chi connectivity index (χ0) is 54.9. The maximum Gasteiger partial charge on any atom is 1.00 e. The van der Waals surface area contributed by atoms with Crippen LogP contribution in [0.15, 0.2) is 73.8 Å². The van der Waals surface area contributed by atoms with E-state index in [4.69, 9.17) is 17.8 Å². The van der Waals surface area contributed by atoms with Crippen molar-refractivity contribution < 1.29 is 109 Å². The van der Waals surface area contributed by atoms with Gasteiger partial charge in [0.2, 0.25) is 0 Å². The first kappa shape index (κ1) is 60.4. The number of carbonyl (C=O) groups excluding carboxylic acids is 2. The quantitative estimate of drug-likeness (QED) is 0.0362. The number of nitrogens with one attached hydrogen (secondary N) is 5. The summed E-state index contributed by atoms with van der Waals surface area (Å²) in [6, 6.07) is 10.5. The molecule has 3 fully saturated rings. The fourth-order valence-electron chi connectivity index (χ4n) is 8.07. The van der Waals surface area contributed by atoms with Crippen LogP contribution in [0.1, 0.15) is 73.2 Å². The van der Waals surface area contributed by atoms with Crippen molar-refractivity contribution in [3.05, 3.63) is 85.0 Å². The fourth-order valence-corrected chi connectivity index (χ4v) is 9.49. The van der Waals surface area contributed by atoms with Crippen LogP contribution in [0.5, 0.6) is 11.5 Å². The number of amides is 2. The van der Waals surface area contributed by atoms with Crippen LogP contribution < -0.4 is 64.7 Å². The molecule has 2 amide bonds. The van der Waals surface area contributed by atoms with Crippen LogP contribution in [-0.4, -0.2) is 171 Å². The van der Waals surface area contributed by atoms with Crippen molar-refractivity contribution in [1.29, 1.82) is 0 Å². The molecule has 32 heteroatoms. The molecule has 1 saturated carbocycles. The van der Waals surface area contributed by atoms with Gasteiger partial charge >= 0.3 is 50.2 Å². The Balaban J connectivity index is 0.000000220. The first-order chi connectivity index (χ1) is 36.3. The number of anilines is 2. The number of quaternary nitrogens is 1. The molecule has 2 aliphatic heterocycles. The minimum atomic E-state index is -4.65. The van der Waals surface area contributed by atoms with E-state index in [1.54, 1.807) is 21.4 Å². The molecule has 9 N–H and O–H groups in total. The van der Waals surface area contributed by atoms with Gasteiger partial charge < -0.3 is 55.6 Å². The smallest absolute Gasteiger partial charge is 0.872 e. The third-order valence-corrected chi connectivity index (χ3v) is 14.4.